The molecule has 4 heteroatoms. The van der Waals surface area contributed by atoms with Gasteiger partial charge in [0.25, 0.3) is 0 Å². The Labute approximate surface area is 150 Å². The van der Waals surface area contributed by atoms with Gasteiger partial charge in [-0.2, -0.15) is 0 Å². The molecule has 0 unspecified atom stereocenters. The number of rotatable bonds is 5. The number of nitrogens with one attached hydrogen (secondary N) is 1. The molecule has 1 heterocycles. The lowest BCUT2D eigenvalue weighted by Gasteiger charge is -2.37. The number of carbonyl (C=O) groups is 1. The fourth-order valence-corrected chi connectivity index (χ4v) is 3.20. The summed E-state index contributed by atoms with van der Waals surface area (Å²) in [5.74, 6) is 0.458. The van der Waals surface area contributed by atoms with Crippen LogP contribution in [-0.2, 0) is 4.79 Å². The summed E-state index contributed by atoms with van der Waals surface area (Å²) in [7, 11) is 0. The molecule has 2 aromatic rings. The summed E-state index contributed by atoms with van der Waals surface area (Å²) in [6.07, 6.45) is 0.559. The van der Waals surface area contributed by atoms with Crippen molar-refractivity contribution < 1.29 is 4.79 Å². The Morgan fingerprint density at radius 2 is 1.40 bits per heavy atom. The summed E-state index contributed by atoms with van der Waals surface area (Å²) in [5, 5.41) is 2.97. The molecule has 4 nitrogen and oxygen atoms in total. The minimum Gasteiger partial charge on any atom is -0.368 e. The van der Waals surface area contributed by atoms with E-state index in [0.717, 1.165) is 31.9 Å². The van der Waals surface area contributed by atoms with E-state index in [1.807, 2.05) is 12.1 Å². The molecule has 2 aromatic carbocycles. The van der Waals surface area contributed by atoms with Crippen LogP contribution in [0.4, 0.5) is 17.1 Å². The topological polar surface area (TPSA) is 35.6 Å². The van der Waals surface area contributed by atoms with Crippen LogP contribution < -0.4 is 15.1 Å². The molecule has 1 aliphatic heterocycles. The SMILES string of the molecule is CC(C)CC(=O)Nc1ccc(N2CCN(c3ccccc3)CC2)cc1. The van der Waals surface area contributed by atoms with Crippen molar-refractivity contribution in [3.63, 3.8) is 0 Å². The van der Waals surface area contributed by atoms with Gasteiger partial charge in [-0.3, -0.25) is 4.79 Å². The fraction of sp³-hybridized carbons (Fsp3) is 0.381. The highest BCUT2D eigenvalue weighted by atomic mass is 16.1. The summed E-state index contributed by atoms with van der Waals surface area (Å²) in [4.78, 5) is 16.7. The van der Waals surface area contributed by atoms with Gasteiger partial charge in [-0.15, -0.1) is 0 Å². The van der Waals surface area contributed by atoms with Crippen LogP contribution >= 0.6 is 0 Å². The zero-order valence-corrected chi connectivity index (χ0v) is 15.1. The van der Waals surface area contributed by atoms with Crippen molar-refractivity contribution in [3.05, 3.63) is 54.6 Å². The predicted molar refractivity (Wildman–Crippen MR) is 105 cm³/mol. The number of carbonyl (C=O) groups excluding carboxylic acids is 1. The maximum atomic E-state index is 11.9. The van der Waals surface area contributed by atoms with E-state index in [2.05, 4.69) is 71.4 Å². The molecular formula is C21H27N3O. The second-order valence-corrected chi connectivity index (χ2v) is 7.00. The minimum atomic E-state index is 0.0826. The first kappa shape index (κ1) is 17.3. The number of amides is 1. The van der Waals surface area contributed by atoms with Crippen LogP contribution in [0.3, 0.4) is 0 Å². The number of piperazine rings is 1. The molecule has 132 valence electrons. The Bertz CT molecular complexity index is 674. The van der Waals surface area contributed by atoms with Gasteiger partial charge in [0.1, 0.15) is 0 Å². The van der Waals surface area contributed by atoms with Crippen LogP contribution in [0.25, 0.3) is 0 Å². The smallest absolute Gasteiger partial charge is 0.224 e. The van der Waals surface area contributed by atoms with E-state index < -0.39 is 0 Å². The van der Waals surface area contributed by atoms with Crippen LogP contribution in [-0.4, -0.2) is 32.1 Å². The van der Waals surface area contributed by atoms with Gasteiger partial charge in [-0.1, -0.05) is 32.0 Å². The quantitative estimate of drug-likeness (QED) is 0.896. The molecule has 0 radical (unpaired) electrons. The molecule has 0 bridgehead atoms. The molecule has 1 N–H and O–H groups in total. The van der Waals surface area contributed by atoms with Gasteiger partial charge in [-0.25, -0.2) is 0 Å². The van der Waals surface area contributed by atoms with Crippen molar-refractivity contribution in [1.29, 1.82) is 0 Å². The van der Waals surface area contributed by atoms with Crippen molar-refractivity contribution in [2.75, 3.05) is 41.3 Å². The molecule has 3 rings (SSSR count). The normalized spacial score (nSPS) is 14.7. The van der Waals surface area contributed by atoms with E-state index in [1.54, 1.807) is 0 Å². The third-order valence-electron chi connectivity index (χ3n) is 4.51. The van der Waals surface area contributed by atoms with Gasteiger partial charge >= 0.3 is 0 Å². The van der Waals surface area contributed by atoms with Gasteiger partial charge in [0.15, 0.2) is 0 Å². The van der Waals surface area contributed by atoms with E-state index in [4.69, 9.17) is 0 Å². The minimum absolute atomic E-state index is 0.0826. The van der Waals surface area contributed by atoms with Gasteiger partial charge in [0, 0.05) is 49.7 Å². The zero-order valence-electron chi connectivity index (χ0n) is 15.1. The molecule has 25 heavy (non-hydrogen) atoms. The number of benzene rings is 2. The number of nitrogens with zero attached hydrogens (tertiary/aromatic N) is 2. The Balaban J connectivity index is 1.54. The summed E-state index contributed by atoms with van der Waals surface area (Å²) >= 11 is 0. The molecule has 0 atom stereocenters. The Morgan fingerprint density at radius 3 is 1.92 bits per heavy atom. The molecule has 1 amide bonds. The number of para-hydroxylation sites is 1. The van der Waals surface area contributed by atoms with E-state index in [0.29, 0.717) is 12.3 Å². The number of anilines is 3. The van der Waals surface area contributed by atoms with Gasteiger partial charge in [-0.05, 0) is 42.3 Å². The molecule has 1 aliphatic rings. The lowest BCUT2D eigenvalue weighted by atomic mass is 10.1. The maximum Gasteiger partial charge on any atom is 0.224 e. The molecular weight excluding hydrogens is 310 g/mol. The highest BCUT2D eigenvalue weighted by molar-refractivity contribution is 5.91. The van der Waals surface area contributed by atoms with Crippen molar-refractivity contribution in [1.82, 2.24) is 0 Å². The van der Waals surface area contributed by atoms with E-state index in [1.165, 1.54) is 11.4 Å². The lowest BCUT2D eigenvalue weighted by Crippen LogP contribution is -2.46. The van der Waals surface area contributed by atoms with Gasteiger partial charge in [0.2, 0.25) is 5.91 Å². The summed E-state index contributed by atoms with van der Waals surface area (Å²) in [6.45, 7) is 8.17. The largest absolute Gasteiger partial charge is 0.368 e. The Hall–Kier alpha value is -2.49. The van der Waals surface area contributed by atoms with Gasteiger partial charge in [0.05, 0.1) is 0 Å². The number of hydrogen-bond donors (Lipinski definition) is 1. The zero-order chi connectivity index (χ0) is 17.6. The second kappa shape index (κ2) is 8.06. The second-order valence-electron chi connectivity index (χ2n) is 7.00. The van der Waals surface area contributed by atoms with Crippen LogP contribution in [0.5, 0.6) is 0 Å². The highest BCUT2D eigenvalue weighted by Gasteiger charge is 2.17. The first-order chi connectivity index (χ1) is 12.1. The average Bonchev–Trinajstić information content (AvgIpc) is 2.62. The predicted octanol–water partition coefficient (Wildman–Crippen LogP) is 4.00. The van der Waals surface area contributed by atoms with Crippen molar-refractivity contribution in [3.8, 4) is 0 Å². The third-order valence-corrected chi connectivity index (χ3v) is 4.51. The molecule has 0 spiro atoms. The van der Waals surface area contributed by atoms with Crippen LogP contribution in [0.15, 0.2) is 54.6 Å². The molecule has 0 aliphatic carbocycles. The van der Waals surface area contributed by atoms with Gasteiger partial charge < -0.3 is 15.1 Å². The molecule has 1 fully saturated rings. The fourth-order valence-electron chi connectivity index (χ4n) is 3.20. The highest BCUT2D eigenvalue weighted by Crippen LogP contribution is 2.22. The van der Waals surface area contributed by atoms with Crippen LogP contribution in [0.2, 0.25) is 0 Å². The van der Waals surface area contributed by atoms with Crippen molar-refractivity contribution in [2.45, 2.75) is 20.3 Å². The summed E-state index contributed by atoms with van der Waals surface area (Å²) in [6, 6.07) is 18.8. The maximum absolute atomic E-state index is 11.9. The van der Waals surface area contributed by atoms with E-state index in [9.17, 15) is 4.79 Å². The third kappa shape index (κ3) is 4.75. The monoisotopic (exact) mass is 337 g/mol. The van der Waals surface area contributed by atoms with Crippen LogP contribution in [0, 0.1) is 5.92 Å². The summed E-state index contributed by atoms with van der Waals surface area (Å²) in [5.41, 5.74) is 3.39. The molecule has 0 aromatic heterocycles. The first-order valence-corrected chi connectivity index (χ1v) is 9.06. The Morgan fingerprint density at radius 1 is 0.880 bits per heavy atom. The molecule has 1 saturated heterocycles. The lowest BCUT2D eigenvalue weighted by molar-refractivity contribution is -0.116. The van der Waals surface area contributed by atoms with Crippen molar-refractivity contribution >= 4 is 23.0 Å². The van der Waals surface area contributed by atoms with Crippen molar-refractivity contribution in [2.24, 2.45) is 5.92 Å². The van der Waals surface area contributed by atoms with Crippen LogP contribution in [0.1, 0.15) is 20.3 Å². The Kier molecular flexibility index (Phi) is 5.59. The van der Waals surface area contributed by atoms with E-state index >= 15 is 0 Å². The number of hydrogen-bond acceptors (Lipinski definition) is 3. The van der Waals surface area contributed by atoms with E-state index in [-0.39, 0.29) is 5.91 Å². The molecule has 0 saturated carbocycles. The average molecular weight is 337 g/mol. The standard InChI is InChI=1S/C21H27N3O/c1-17(2)16-21(25)22-18-8-10-20(11-9-18)24-14-12-23(13-15-24)19-6-4-3-5-7-19/h3-11,17H,12-16H2,1-2H3,(H,22,25). The summed E-state index contributed by atoms with van der Waals surface area (Å²) < 4.78 is 0. The first-order valence-electron chi connectivity index (χ1n) is 9.06.